The predicted octanol–water partition coefficient (Wildman–Crippen LogP) is 4.92. The Bertz CT molecular complexity index is 421. The maximum Gasteiger partial charge on any atom is 0.353 e. The molecule has 0 aliphatic heterocycles. The number of rotatable bonds is 19. The number of unbranched alkanes of at least 4 members (excludes halogenated alkanes) is 11. The van der Waals surface area contributed by atoms with Crippen molar-refractivity contribution >= 4 is 11.9 Å². The highest BCUT2D eigenvalue weighted by atomic mass is 16.7. The Kier molecular flexibility index (Phi) is 17.6. The van der Waals surface area contributed by atoms with E-state index in [1.54, 1.807) is 13.8 Å². The van der Waals surface area contributed by atoms with Gasteiger partial charge in [-0.25, -0.2) is 15.0 Å². The summed E-state index contributed by atoms with van der Waals surface area (Å²) in [7, 11) is 0. The zero-order valence-corrected chi connectivity index (χ0v) is 17.9. The molecule has 0 heterocycles. The molecule has 0 unspecified atom stereocenters. The molecule has 162 valence electrons. The van der Waals surface area contributed by atoms with E-state index in [9.17, 15) is 9.59 Å². The second-order valence-corrected chi connectivity index (χ2v) is 7.36. The first-order valence-corrected chi connectivity index (χ1v) is 10.6. The van der Waals surface area contributed by atoms with Gasteiger partial charge in [-0.2, -0.15) is 0 Å². The Morgan fingerprint density at radius 1 is 0.679 bits per heavy atom. The van der Waals surface area contributed by atoms with E-state index in [0.717, 1.165) is 25.8 Å². The monoisotopic (exact) mass is 396 g/mol. The van der Waals surface area contributed by atoms with Gasteiger partial charge in [0.2, 0.25) is 0 Å². The molecule has 0 bridgehead atoms. The summed E-state index contributed by atoms with van der Waals surface area (Å²) in [5.41, 5.74) is 6.14. The van der Waals surface area contributed by atoms with E-state index in [1.165, 1.54) is 57.8 Å². The predicted molar refractivity (Wildman–Crippen MR) is 113 cm³/mol. The van der Waals surface area contributed by atoms with Crippen LogP contribution in [0.3, 0.4) is 0 Å². The number of carbonyl (C=O) groups is 2. The van der Waals surface area contributed by atoms with Crippen molar-refractivity contribution in [1.29, 1.82) is 0 Å². The smallest absolute Gasteiger partial charge is 0.353 e. The lowest BCUT2D eigenvalue weighted by Crippen LogP contribution is -2.34. The molecule has 2 N–H and O–H groups in total. The molecule has 0 aliphatic rings. The summed E-state index contributed by atoms with van der Waals surface area (Å²) in [5.74, 6) is -0.728. The first-order valence-electron chi connectivity index (χ1n) is 10.6. The van der Waals surface area contributed by atoms with Crippen LogP contribution in [0.1, 0.15) is 90.9 Å². The Labute approximate surface area is 171 Å². The first kappa shape index (κ1) is 26.3. The van der Waals surface area contributed by atoms with E-state index in [1.807, 2.05) is 0 Å². The molecular weight excluding hydrogens is 356 g/mol. The van der Waals surface area contributed by atoms with Crippen LogP contribution in [0.25, 0.3) is 0 Å². The third-order valence-electron chi connectivity index (χ3n) is 4.34. The van der Waals surface area contributed by atoms with Crippen molar-refractivity contribution in [3.8, 4) is 0 Å². The second kappa shape index (κ2) is 18.7. The number of ether oxygens (including phenoxy) is 1. The van der Waals surface area contributed by atoms with Crippen molar-refractivity contribution in [3.05, 3.63) is 24.3 Å². The van der Waals surface area contributed by atoms with Crippen LogP contribution in [0.15, 0.2) is 24.3 Å². The third kappa shape index (κ3) is 17.7. The first-order chi connectivity index (χ1) is 13.4. The normalized spacial score (nSPS) is 10.5. The molecule has 0 rings (SSSR count). The highest BCUT2D eigenvalue weighted by Crippen LogP contribution is 2.12. The average Bonchev–Trinajstić information content (AvgIpc) is 2.66. The molecule has 0 amide bonds. The van der Waals surface area contributed by atoms with E-state index < -0.39 is 5.97 Å². The van der Waals surface area contributed by atoms with Crippen molar-refractivity contribution in [2.45, 2.75) is 90.9 Å². The van der Waals surface area contributed by atoms with Gasteiger partial charge in [-0.1, -0.05) is 83.0 Å². The maximum absolute atomic E-state index is 11.2. The Hall–Kier alpha value is -1.66. The lowest BCUT2D eigenvalue weighted by atomic mass is 10.1. The summed E-state index contributed by atoms with van der Waals surface area (Å²) in [6, 6.07) is 0. The van der Waals surface area contributed by atoms with Gasteiger partial charge in [0.25, 0.3) is 0 Å². The van der Waals surface area contributed by atoms with Crippen LogP contribution in [0.4, 0.5) is 0 Å². The minimum atomic E-state index is -0.448. The third-order valence-corrected chi connectivity index (χ3v) is 4.34. The van der Waals surface area contributed by atoms with Crippen LogP contribution in [0, 0.1) is 0 Å². The SMILES string of the molecule is C=C(C)C(=O)OCCCCCCCCCCCCCCNNOC(=O)C(=C)C. The number of esters is 1. The summed E-state index contributed by atoms with van der Waals surface area (Å²) >= 11 is 0. The fourth-order valence-electron chi connectivity index (χ4n) is 2.59. The fourth-order valence-corrected chi connectivity index (χ4v) is 2.59. The van der Waals surface area contributed by atoms with Gasteiger partial charge in [-0.3, -0.25) is 0 Å². The minimum Gasteiger partial charge on any atom is -0.462 e. The highest BCUT2D eigenvalue weighted by molar-refractivity contribution is 5.87. The van der Waals surface area contributed by atoms with Crippen LogP contribution in [0.5, 0.6) is 0 Å². The zero-order valence-electron chi connectivity index (χ0n) is 17.9. The largest absolute Gasteiger partial charge is 0.462 e. The molecule has 0 spiro atoms. The molecule has 0 fully saturated rings. The van der Waals surface area contributed by atoms with Crippen LogP contribution in [0.2, 0.25) is 0 Å². The topological polar surface area (TPSA) is 76.7 Å². The molecule has 0 aliphatic carbocycles. The summed E-state index contributed by atoms with van der Waals surface area (Å²) in [6.45, 7) is 11.6. The molecule has 28 heavy (non-hydrogen) atoms. The van der Waals surface area contributed by atoms with Gasteiger partial charge in [-0.05, 0) is 26.7 Å². The van der Waals surface area contributed by atoms with Gasteiger partial charge in [0.05, 0.1) is 6.61 Å². The molecule has 6 heteroatoms. The summed E-state index contributed by atoms with van der Waals surface area (Å²) in [4.78, 5) is 27.0. The average molecular weight is 397 g/mol. The summed E-state index contributed by atoms with van der Waals surface area (Å²) < 4.78 is 5.07. The Morgan fingerprint density at radius 3 is 1.57 bits per heavy atom. The Balaban J connectivity index is 3.14. The lowest BCUT2D eigenvalue weighted by molar-refractivity contribution is -0.148. The molecule has 0 aromatic rings. The molecule has 0 aromatic carbocycles. The quantitative estimate of drug-likeness (QED) is 0.140. The number of hydrogen-bond donors (Lipinski definition) is 2. The van der Waals surface area contributed by atoms with Gasteiger partial charge < -0.3 is 9.57 Å². The van der Waals surface area contributed by atoms with Gasteiger partial charge in [-0.15, -0.1) is 0 Å². The van der Waals surface area contributed by atoms with Gasteiger partial charge in [0, 0.05) is 17.7 Å². The number of hydrazine groups is 1. The molecule has 0 saturated heterocycles. The van der Waals surface area contributed by atoms with Gasteiger partial charge >= 0.3 is 11.9 Å². The number of hydrogen-bond acceptors (Lipinski definition) is 6. The fraction of sp³-hybridized carbons (Fsp3) is 0.727. The minimum absolute atomic E-state index is 0.281. The molecule has 0 radical (unpaired) electrons. The summed E-state index contributed by atoms with van der Waals surface area (Å²) in [5, 5.41) is 0. The lowest BCUT2D eigenvalue weighted by Gasteiger charge is -2.07. The van der Waals surface area contributed by atoms with Gasteiger partial charge in [0.1, 0.15) is 0 Å². The van der Waals surface area contributed by atoms with E-state index >= 15 is 0 Å². The molecule has 6 nitrogen and oxygen atoms in total. The van der Waals surface area contributed by atoms with Crippen LogP contribution >= 0.6 is 0 Å². The Morgan fingerprint density at radius 2 is 1.11 bits per heavy atom. The highest BCUT2D eigenvalue weighted by Gasteiger charge is 2.02. The number of carbonyl (C=O) groups excluding carboxylic acids is 2. The van der Waals surface area contributed by atoms with Crippen molar-refractivity contribution in [3.63, 3.8) is 0 Å². The van der Waals surface area contributed by atoms with Gasteiger partial charge in [0.15, 0.2) is 0 Å². The molecule has 0 aromatic heterocycles. The second-order valence-electron chi connectivity index (χ2n) is 7.36. The summed E-state index contributed by atoms with van der Waals surface area (Å²) in [6.07, 6.45) is 14.5. The maximum atomic E-state index is 11.2. The van der Waals surface area contributed by atoms with Crippen molar-refractivity contribution in [2.75, 3.05) is 13.2 Å². The van der Waals surface area contributed by atoms with E-state index in [0.29, 0.717) is 17.8 Å². The van der Waals surface area contributed by atoms with Crippen molar-refractivity contribution < 1.29 is 19.2 Å². The van der Waals surface area contributed by atoms with E-state index in [2.05, 4.69) is 24.2 Å². The molecule has 0 saturated carbocycles. The van der Waals surface area contributed by atoms with E-state index in [4.69, 9.17) is 9.57 Å². The number of nitrogens with one attached hydrogen (secondary N) is 2. The van der Waals surface area contributed by atoms with Crippen molar-refractivity contribution in [2.24, 2.45) is 0 Å². The standard InChI is InChI=1S/C22H40N2O4/c1-19(2)21(25)27-18-16-14-12-10-8-6-5-7-9-11-13-15-17-23-24-28-22(26)20(3)4/h23-24H,1,3,5-18H2,2,4H3. The van der Waals surface area contributed by atoms with Crippen molar-refractivity contribution in [1.82, 2.24) is 11.0 Å². The molecule has 0 atom stereocenters. The van der Waals surface area contributed by atoms with Crippen LogP contribution in [-0.4, -0.2) is 25.1 Å². The zero-order chi connectivity index (χ0) is 21.0. The van der Waals surface area contributed by atoms with Crippen LogP contribution in [-0.2, 0) is 19.2 Å². The van der Waals surface area contributed by atoms with E-state index in [-0.39, 0.29) is 5.97 Å². The molecular formula is C22H40N2O4. The van der Waals surface area contributed by atoms with Crippen LogP contribution < -0.4 is 11.0 Å².